The van der Waals surface area contributed by atoms with Gasteiger partial charge in [0, 0.05) is 23.1 Å². The van der Waals surface area contributed by atoms with Crippen molar-refractivity contribution in [1.82, 2.24) is 4.90 Å². The Labute approximate surface area is 154 Å². The zero-order chi connectivity index (χ0) is 15.2. The second kappa shape index (κ2) is 9.49. The Balaban J connectivity index is 0.00000242. The van der Waals surface area contributed by atoms with Gasteiger partial charge in [0.15, 0.2) is 5.96 Å². The van der Waals surface area contributed by atoms with Crippen LogP contribution >= 0.6 is 39.9 Å². The van der Waals surface area contributed by atoms with Gasteiger partial charge in [-0.2, -0.15) is 8.78 Å². The van der Waals surface area contributed by atoms with Crippen LogP contribution in [0.3, 0.4) is 0 Å². The molecule has 1 aromatic rings. The minimum atomic E-state index is -2.85. The summed E-state index contributed by atoms with van der Waals surface area (Å²) in [5, 5.41) is 0. The smallest absolute Gasteiger partial charge is 0.387 e. The van der Waals surface area contributed by atoms with Gasteiger partial charge in [0.25, 0.3) is 0 Å². The van der Waals surface area contributed by atoms with Crippen LogP contribution in [0, 0.1) is 0 Å². The summed E-state index contributed by atoms with van der Waals surface area (Å²) < 4.78 is 30.1. The van der Waals surface area contributed by atoms with E-state index in [1.165, 1.54) is 12.5 Å². The van der Waals surface area contributed by atoms with Gasteiger partial charge in [0.2, 0.25) is 0 Å². The number of halogens is 4. The van der Waals surface area contributed by atoms with Gasteiger partial charge in [0.05, 0.1) is 6.54 Å². The minimum Gasteiger partial charge on any atom is -0.434 e. The van der Waals surface area contributed by atoms with Gasteiger partial charge in [-0.05, 0) is 37.5 Å². The molecule has 1 aliphatic heterocycles. The summed E-state index contributed by atoms with van der Waals surface area (Å²) >= 11 is 3.31. The molecule has 0 spiro atoms. The number of piperidine rings is 1. The van der Waals surface area contributed by atoms with Gasteiger partial charge >= 0.3 is 6.61 Å². The van der Waals surface area contributed by atoms with Gasteiger partial charge in [-0.15, -0.1) is 24.0 Å². The van der Waals surface area contributed by atoms with Crippen LogP contribution in [0.2, 0.25) is 0 Å². The Kier molecular flexibility index (Phi) is 8.37. The van der Waals surface area contributed by atoms with Crippen molar-refractivity contribution in [2.45, 2.75) is 32.4 Å². The first-order valence-electron chi connectivity index (χ1n) is 6.84. The number of nitrogens with zero attached hydrogens (tertiary/aromatic N) is 2. The minimum absolute atomic E-state index is 0. The summed E-state index contributed by atoms with van der Waals surface area (Å²) in [6.45, 7) is -0.847. The molecule has 0 aliphatic carbocycles. The summed E-state index contributed by atoms with van der Waals surface area (Å²) in [5.41, 5.74) is 6.53. The van der Waals surface area contributed by atoms with Crippen molar-refractivity contribution in [1.29, 1.82) is 0 Å². The Bertz CT molecular complexity index is 511. The summed E-state index contributed by atoms with van der Waals surface area (Å²) in [7, 11) is 0. The zero-order valence-corrected chi connectivity index (χ0v) is 15.9. The normalized spacial score (nSPS) is 15.6. The standard InChI is InChI=1S/C14H18BrF2N3O.HI/c15-11-4-5-12(21-13(16)17)10(8-11)9-19-14(18)20-6-2-1-3-7-20;/h4-5,8,13H,1-3,6-7,9H2,(H2,18,19);1H. The number of alkyl halides is 2. The van der Waals surface area contributed by atoms with Crippen molar-refractivity contribution in [3.8, 4) is 5.75 Å². The lowest BCUT2D eigenvalue weighted by molar-refractivity contribution is -0.0504. The summed E-state index contributed by atoms with van der Waals surface area (Å²) in [6, 6.07) is 4.86. The maximum atomic E-state index is 12.4. The fourth-order valence-electron chi connectivity index (χ4n) is 2.27. The van der Waals surface area contributed by atoms with E-state index in [1.54, 1.807) is 12.1 Å². The molecule has 124 valence electrons. The molecule has 1 heterocycles. The number of hydrogen-bond donors (Lipinski definition) is 1. The highest BCUT2D eigenvalue weighted by Crippen LogP contribution is 2.25. The third kappa shape index (κ3) is 5.86. The highest BCUT2D eigenvalue weighted by molar-refractivity contribution is 14.0. The number of guanidine groups is 1. The monoisotopic (exact) mass is 489 g/mol. The van der Waals surface area contributed by atoms with Crippen LogP contribution in [-0.2, 0) is 6.54 Å². The summed E-state index contributed by atoms with van der Waals surface area (Å²) in [4.78, 5) is 6.32. The molecule has 0 aromatic heterocycles. The second-order valence-electron chi connectivity index (χ2n) is 4.85. The van der Waals surface area contributed by atoms with Gasteiger partial charge < -0.3 is 15.4 Å². The summed E-state index contributed by atoms with van der Waals surface area (Å²) in [6.07, 6.45) is 3.42. The van der Waals surface area contributed by atoms with Crippen molar-refractivity contribution >= 4 is 45.9 Å². The van der Waals surface area contributed by atoms with Gasteiger partial charge in [0.1, 0.15) is 5.75 Å². The molecule has 0 amide bonds. The Morgan fingerprint density at radius 3 is 2.64 bits per heavy atom. The number of hydrogen-bond acceptors (Lipinski definition) is 2. The average molecular weight is 490 g/mol. The number of benzene rings is 1. The molecule has 22 heavy (non-hydrogen) atoms. The molecular formula is C14H19BrF2IN3O. The quantitative estimate of drug-likeness (QED) is 0.395. The number of likely N-dealkylation sites (tertiary alicyclic amines) is 1. The molecular weight excluding hydrogens is 471 g/mol. The van der Waals surface area contributed by atoms with Crippen LogP contribution in [0.15, 0.2) is 27.7 Å². The van der Waals surface area contributed by atoms with E-state index in [0.717, 1.165) is 30.4 Å². The highest BCUT2D eigenvalue weighted by Gasteiger charge is 2.13. The van der Waals surface area contributed by atoms with Gasteiger partial charge in [-0.1, -0.05) is 15.9 Å². The predicted octanol–water partition coefficient (Wildman–Crippen LogP) is 3.97. The third-order valence-corrected chi connectivity index (χ3v) is 3.82. The first-order chi connectivity index (χ1) is 10.1. The first-order valence-corrected chi connectivity index (χ1v) is 7.63. The summed E-state index contributed by atoms with van der Waals surface area (Å²) in [5.74, 6) is 0.584. The number of ether oxygens (including phenoxy) is 1. The van der Waals surface area contributed by atoms with Crippen LogP contribution in [0.1, 0.15) is 24.8 Å². The highest BCUT2D eigenvalue weighted by atomic mass is 127. The molecule has 0 saturated carbocycles. The van der Waals surface area contributed by atoms with E-state index in [4.69, 9.17) is 5.73 Å². The first kappa shape index (κ1) is 19.4. The van der Waals surface area contributed by atoms with Crippen LogP contribution in [-0.4, -0.2) is 30.6 Å². The fraction of sp³-hybridized carbons (Fsp3) is 0.500. The lowest BCUT2D eigenvalue weighted by Gasteiger charge is -2.27. The van der Waals surface area contributed by atoms with E-state index in [2.05, 4.69) is 25.7 Å². The van der Waals surface area contributed by atoms with E-state index in [-0.39, 0.29) is 36.3 Å². The van der Waals surface area contributed by atoms with Gasteiger partial charge in [-0.3, -0.25) is 0 Å². The molecule has 1 aliphatic rings. The second-order valence-corrected chi connectivity index (χ2v) is 5.77. The molecule has 1 fully saturated rings. The maximum Gasteiger partial charge on any atom is 0.387 e. The van der Waals surface area contributed by atoms with Crippen LogP contribution < -0.4 is 10.5 Å². The van der Waals surface area contributed by atoms with Crippen molar-refractivity contribution in [3.63, 3.8) is 0 Å². The maximum absolute atomic E-state index is 12.4. The molecule has 0 bridgehead atoms. The van der Waals surface area contributed by atoms with Crippen LogP contribution in [0.5, 0.6) is 5.75 Å². The van der Waals surface area contributed by atoms with Crippen LogP contribution in [0.25, 0.3) is 0 Å². The zero-order valence-electron chi connectivity index (χ0n) is 12.0. The number of nitrogens with two attached hydrogens (primary N) is 1. The van der Waals surface area contributed by atoms with E-state index >= 15 is 0 Å². The Hall–Kier alpha value is -0.640. The molecule has 8 heteroatoms. The molecule has 4 nitrogen and oxygen atoms in total. The molecule has 1 aromatic carbocycles. The Morgan fingerprint density at radius 2 is 2.00 bits per heavy atom. The van der Waals surface area contributed by atoms with E-state index in [9.17, 15) is 8.78 Å². The largest absolute Gasteiger partial charge is 0.434 e. The number of rotatable bonds is 4. The SMILES string of the molecule is I.NC(=NCc1cc(Br)ccc1OC(F)F)N1CCCCC1. The topological polar surface area (TPSA) is 50.9 Å². The number of aliphatic imine (C=N–C) groups is 1. The fourth-order valence-corrected chi connectivity index (χ4v) is 2.68. The van der Waals surface area contributed by atoms with E-state index in [1.807, 2.05) is 4.90 Å². The van der Waals surface area contributed by atoms with Crippen molar-refractivity contribution in [2.75, 3.05) is 13.1 Å². The van der Waals surface area contributed by atoms with E-state index < -0.39 is 6.61 Å². The lowest BCUT2D eigenvalue weighted by atomic mass is 10.1. The molecule has 2 N–H and O–H groups in total. The third-order valence-electron chi connectivity index (χ3n) is 3.33. The van der Waals surface area contributed by atoms with Crippen molar-refractivity contribution < 1.29 is 13.5 Å². The molecule has 0 unspecified atom stereocenters. The Morgan fingerprint density at radius 1 is 1.32 bits per heavy atom. The van der Waals surface area contributed by atoms with Crippen molar-refractivity contribution in [3.05, 3.63) is 28.2 Å². The molecule has 1 saturated heterocycles. The molecule has 2 rings (SSSR count). The molecule has 0 atom stereocenters. The molecule has 0 radical (unpaired) electrons. The van der Waals surface area contributed by atoms with Gasteiger partial charge in [-0.25, -0.2) is 4.99 Å². The van der Waals surface area contributed by atoms with E-state index in [0.29, 0.717) is 11.5 Å². The predicted molar refractivity (Wildman–Crippen MR) is 96.9 cm³/mol. The van der Waals surface area contributed by atoms with Crippen LogP contribution in [0.4, 0.5) is 8.78 Å². The lowest BCUT2D eigenvalue weighted by Crippen LogP contribution is -2.40. The van der Waals surface area contributed by atoms with Crippen molar-refractivity contribution in [2.24, 2.45) is 10.7 Å². The average Bonchev–Trinajstić information content (AvgIpc) is 2.47.